The van der Waals surface area contributed by atoms with Gasteiger partial charge in [-0.05, 0) is 25.7 Å². The third kappa shape index (κ3) is 4.30. The van der Waals surface area contributed by atoms with Gasteiger partial charge in [0.2, 0.25) is 0 Å². The zero-order valence-corrected chi connectivity index (χ0v) is 18.3. The van der Waals surface area contributed by atoms with Gasteiger partial charge >= 0.3 is 0 Å². The molecule has 1 aliphatic heterocycles. The minimum atomic E-state index is -0.307. The highest BCUT2D eigenvalue weighted by Gasteiger charge is 2.46. The quantitative estimate of drug-likeness (QED) is 0.804. The Balaban J connectivity index is 1.56. The Morgan fingerprint density at radius 1 is 1.30 bits per heavy atom. The van der Waals surface area contributed by atoms with E-state index in [0.717, 1.165) is 57.5 Å². The SMILES string of the molecule is Cc1onc(-c2ccccc2)c1C(=O)N[C@@H]1CCCC[C@]12CN(CC(C)C)CCO2. The maximum absolute atomic E-state index is 13.4. The number of hydrogen-bond acceptors (Lipinski definition) is 5. The molecule has 1 aromatic carbocycles. The van der Waals surface area contributed by atoms with Gasteiger partial charge in [-0.15, -0.1) is 0 Å². The summed E-state index contributed by atoms with van der Waals surface area (Å²) in [5.41, 5.74) is 1.70. The molecule has 1 aromatic heterocycles. The summed E-state index contributed by atoms with van der Waals surface area (Å²) in [4.78, 5) is 15.9. The van der Waals surface area contributed by atoms with Crippen LogP contribution >= 0.6 is 0 Å². The van der Waals surface area contributed by atoms with Gasteiger partial charge in [0.25, 0.3) is 5.91 Å². The van der Waals surface area contributed by atoms with E-state index >= 15 is 0 Å². The van der Waals surface area contributed by atoms with Crippen LogP contribution in [0.2, 0.25) is 0 Å². The van der Waals surface area contributed by atoms with Crippen LogP contribution in [0.5, 0.6) is 0 Å². The molecule has 2 heterocycles. The van der Waals surface area contributed by atoms with Crippen molar-refractivity contribution < 1.29 is 14.1 Å². The zero-order valence-electron chi connectivity index (χ0n) is 18.3. The van der Waals surface area contributed by atoms with Gasteiger partial charge in [-0.1, -0.05) is 62.2 Å². The molecule has 30 heavy (non-hydrogen) atoms. The number of carbonyl (C=O) groups is 1. The van der Waals surface area contributed by atoms with Crippen molar-refractivity contribution in [3.8, 4) is 11.3 Å². The van der Waals surface area contributed by atoms with Gasteiger partial charge in [0.15, 0.2) is 0 Å². The summed E-state index contributed by atoms with van der Waals surface area (Å²) in [6, 6.07) is 9.72. The molecule has 2 aromatic rings. The van der Waals surface area contributed by atoms with Crippen molar-refractivity contribution in [2.24, 2.45) is 5.92 Å². The van der Waals surface area contributed by atoms with Gasteiger partial charge in [-0.25, -0.2) is 0 Å². The summed E-state index contributed by atoms with van der Waals surface area (Å²) < 4.78 is 11.8. The maximum Gasteiger partial charge on any atom is 0.257 e. The number of benzene rings is 1. The topological polar surface area (TPSA) is 67.6 Å². The van der Waals surface area contributed by atoms with Gasteiger partial charge in [0, 0.05) is 25.2 Å². The molecule has 1 spiro atoms. The van der Waals surface area contributed by atoms with Crippen LogP contribution in [0.3, 0.4) is 0 Å². The highest BCUT2D eigenvalue weighted by molar-refractivity contribution is 6.01. The van der Waals surface area contributed by atoms with Crippen molar-refractivity contribution in [2.75, 3.05) is 26.2 Å². The highest BCUT2D eigenvalue weighted by Crippen LogP contribution is 2.36. The lowest BCUT2D eigenvalue weighted by molar-refractivity contribution is -0.142. The average molecular weight is 412 g/mol. The van der Waals surface area contributed by atoms with E-state index in [1.54, 1.807) is 6.92 Å². The Kier molecular flexibility index (Phi) is 6.25. The molecule has 0 bridgehead atoms. The Labute approximate surface area is 179 Å². The van der Waals surface area contributed by atoms with Crippen molar-refractivity contribution in [3.63, 3.8) is 0 Å². The second kappa shape index (κ2) is 8.90. The lowest BCUT2D eigenvalue weighted by Gasteiger charge is -2.50. The zero-order chi connectivity index (χ0) is 21.1. The molecule has 6 nitrogen and oxygen atoms in total. The molecule has 6 heteroatoms. The standard InChI is InChI=1S/C24H33N3O3/c1-17(2)15-27-13-14-29-24(16-27)12-8-7-11-20(24)25-23(28)21-18(3)30-26-22(21)19-9-5-4-6-10-19/h4-6,9-10,17,20H,7-8,11-16H2,1-3H3,(H,25,28)/t20-,24+/m1/s1. The summed E-state index contributed by atoms with van der Waals surface area (Å²) in [5.74, 6) is 1.04. The molecule has 1 aliphatic carbocycles. The molecular weight excluding hydrogens is 378 g/mol. The Bertz CT molecular complexity index is 860. The molecule has 1 N–H and O–H groups in total. The number of nitrogens with one attached hydrogen (secondary N) is 1. The molecule has 2 aliphatic rings. The summed E-state index contributed by atoms with van der Waals surface area (Å²) in [6.45, 7) is 9.93. The maximum atomic E-state index is 13.4. The summed E-state index contributed by atoms with van der Waals surface area (Å²) >= 11 is 0. The van der Waals surface area contributed by atoms with E-state index in [-0.39, 0.29) is 17.6 Å². The van der Waals surface area contributed by atoms with Crippen LogP contribution in [-0.2, 0) is 4.74 Å². The minimum Gasteiger partial charge on any atom is -0.370 e. The van der Waals surface area contributed by atoms with Crippen LogP contribution in [0, 0.1) is 12.8 Å². The van der Waals surface area contributed by atoms with Crippen LogP contribution in [-0.4, -0.2) is 53.8 Å². The molecule has 2 fully saturated rings. The van der Waals surface area contributed by atoms with E-state index in [4.69, 9.17) is 9.26 Å². The predicted octanol–water partition coefficient (Wildman–Crippen LogP) is 4.05. The smallest absolute Gasteiger partial charge is 0.257 e. The largest absolute Gasteiger partial charge is 0.370 e. The second-order valence-corrected chi connectivity index (χ2v) is 9.14. The van der Waals surface area contributed by atoms with Gasteiger partial charge in [-0.2, -0.15) is 0 Å². The van der Waals surface area contributed by atoms with E-state index in [9.17, 15) is 4.79 Å². The third-order valence-electron chi connectivity index (χ3n) is 6.33. The van der Waals surface area contributed by atoms with Crippen molar-refractivity contribution >= 4 is 5.91 Å². The molecular formula is C24H33N3O3. The molecule has 2 atom stereocenters. The van der Waals surface area contributed by atoms with Gasteiger partial charge in [0.05, 0.1) is 12.6 Å². The number of aryl methyl sites for hydroxylation is 1. The fraction of sp³-hybridized carbons (Fsp3) is 0.583. The van der Waals surface area contributed by atoms with Crippen LogP contribution < -0.4 is 5.32 Å². The minimum absolute atomic E-state index is 0.00774. The molecule has 0 radical (unpaired) electrons. The Morgan fingerprint density at radius 2 is 2.10 bits per heavy atom. The number of nitrogens with zero attached hydrogens (tertiary/aromatic N) is 2. The van der Waals surface area contributed by atoms with Crippen LogP contribution in [0.15, 0.2) is 34.9 Å². The fourth-order valence-corrected chi connectivity index (χ4v) is 4.99. The Morgan fingerprint density at radius 3 is 2.87 bits per heavy atom. The van der Waals surface area contributed by atoms with Gasteiger partial charge in [0.1, 0.15) is 22.6 Å². The van der Waals surface area contributed by atoms with E-state index in [1.165, 1.54) is 0 Å². The van der Waals surface area contributed by atoms with E-state index in [1.807, 2.05) is 30.3 Å². The van der Waals surface area contributed by atoms with E-state index < -0.39 is 0 Å². The van der Waals surface area contributed by atoms with Crippen molar-refractivity contribution in [2.45, 2.75) is 58.1 Å². The highest BCUT2D eigenvalue weighted by atomic mass is 16.5. The molecule has 1 amide bonds. The predicted molar refractivity (Wildman–Crippen MR) is 116 cm³/mol. The van der Waals surface area contributed by atoms with E-state index in [2.05, 4.69) is 29.2 Å². The number of ether oxygens (including phenoxy) is 1. The first-order valence-electron chi connectivity index (χ1n) is 11.2. The van der Waals surface area contributed by atoms with Crippen LogP contribution in [0.4, 0.5) is 0 Å². The first-order valence-corrected chi connectivity index (χ1v) is 11.2. The second-order valence-electron chi connectivity index (χ2n) is 9.14. The molecule has 0 unspecified atom stereocenters. The number of carbonyl (C=O) groups excluding carboxylic acids is 1. The molecule has 1 saturated carbocycles. The van der Waals surface area contributed by atoms with Crippen molar-refractivity contribution in [1.82, 2.24) is 15.4 Å². The fourth-order valence-electron chi connectivity index (χ4n) is 4.99. The Hall–Kier alpha value is -2.18. The average Bonchev–Trinajstić information content (AvgIpc) is 3.12. The summed E-state index contributed by atoms with van der Waals surface area (Å²) in [6.07, 6.45) is 4.17. The summed E-state index contributed by atoms with van der Waals surface area (Å²) in [5, 5.41) is 7.49. The van der Waals surface area contributed by atoms with Crippen molar-refractivity contribution in [1.29, 1.82) is 0 Å². The molecule has 1 saturated heterocycles. The lowest BCUT2D eigenvalue weighted by atomic mass is 9.78. The number of hydrogen-bond donors (Lipinski definition) is 1. The number of rotatable bonds is 5. The number of aromatic nitrogens is 1. The van der Waals surface area contributed by atoms with Crippen molar-refractivity contribution in [3.05, 3.63) is 41.7 Å². The first kappa shape index (κ1) is 21.1. The van der Waals surface area contributed by atoms with Crippen LogP contribution in [0.1, 0.15) is 55.6 Å². The monoisotopic (exact) mass is 411 g/mol. The third-order valence-corrected chi connectivity index (χ3v) is 6.33. The molecule has 4 rings (SSSR count). The van der Waals surface area contributed by atoms with Crippen LogP contribution in [0.25, 0.3) is 11.3 Å². The van der Waals surface area contributed by atoms with Gasteiger partial charge < -0.3 is 14.6 Å². The van der Waals surface area contributed by atoms with E-state index in [0.29, 0.717) is 22.9 Å². The first-order chi connectivity index (χ1) is 14.5. The normalized spacial score (nSPS) is 25.0. The summed E-state index contributed by atoms with van der Waals surface area (Å²) in [7, 11) is 0. The molecule has 162 valence electrons. The lowest BCUT2D eigenvalue weighted by Crippen LogP contribution is -2.64. The van der Waals surface area contributed by atoms with Gasteiger partial charge in [-0.3, -0.25) is 9.69 Å². The number of morpholine rings is 1. The number of amides is 1.